The van der Waals surface area contributed by atoms with Crippen molar-refractivity contribution in [3.63, 3.8) is 0 Å². The molecule has 11 nitrogen and oxygen atoms in total. The Morgan fingerprint density at radius 3 is 2.22 bits per heavy atom. The second-order valence-electron chi connectivity index (χ2n) is 12.0. The molecule has 1 aliphatic rings. The molecule has 246 valence electrons. The molecule has 0 bridgehead atoms. The minimum Gasteiger partial charge on any atom is -0.458 e. The Balaban J connectivity index is 1.67. The lowest BCUT2D eigenvalue weighted by atomic mass is 10.0. The Morgan fingerprint density at radius 1 is 0.978 bits per heavy atom. The molecule has 3 aromatic rings. The number of hydrogen-bond acceptors (Lipinski definition) is 9. The molecular formula is C34H43ClN6O5. The number of anilines is 3. The number of esters is 1. The van der Waals surface area contributed by atoms with Crippen molar-refractivity contribution in [1.82, 2.24) is 14.9 Å². The molecule has 0 aliphatic carbocycles. The van der Waals surface area contributed by atoms with E-state index < -0.39 is 23.0 Å². The van der Waals surface area contributed by atoms with Crippen LogP contribution in [0, 0.1) is 0 Å². The summed E-state index contributed by atoms with van der Waals surface area (Å²) in [5.41, 5.74) is 1.21. The molecule has 1 saturated heterocycles. The molecule has 2 heterocycles. The maximum Gasteiger partial charge on any atom is 0.415 e. The quantitative estimate of drug-likeness (QED) is 0.131. The van der Waals surface area contributed by atoms with Crippen LogP contribution in [0.4, 0.5) is 27.0 Å². The van der Waals surface area contributed by atoms with Gasteiger partial charge in [0.15, 0.2) is 5.82 Å². The molecule has 1 N–H and O–H groups in total. The van der Waals surface area contributed by atoms with Crippen LogP contribution in [0.2, 0.25) is 0 Å². The highest BCUT2D eigenvalue weighted by molar-refractivity contribution is 6.66. The number of rotatable bonds is 12. The molecule has 1 aromatic heterocycles. The molecule has 4 rings (SSSR count). The van der Waals surface area contributed by atoms with E-state index in [1.165, 1.54) is 4.90 Å². The van der Waals surface area contributed by atoms with Crippen LogP contribution in [0.3, 0.4) is 0 Å². The van der Waals surface area contributed by atoms with E-state index in [9.17, 15) is 14.4 Å². The van der Waals surface area contributed by atoms with E-state index in [-0.39, 0.29) is 24.9 Å². The standard InChI is InChI=1S/C34H43ClN6O5/c1-6-39(7-2)32-36-22-28(41(31(35)43)23-25-13-9-8-10-14-25)29(38-32)37-27(30(42)46-34(3,4)5)21-24-15-17-26(18-16-24)45-33(44)40-19-11-12-20-40/h8-10,13-18,22,27H,6-7,11-12,19-21,23H2,1-5H3,(H,36,37,38)/t27-/m0/s1. The molecule has 1 fully saturated rings. The largest absolute Gasteiger partial charge is 0.458 e. The molecule has 12 heteroatoms. The zero-order valence-corrected chi connectivity index (χ0v) is 27.9. The van der Waals surface area contributed by atoms with E-state index in [1.54, 1.807) is 56.1 Å². The number of hydrogen-bond donors (Lipinski definition) is 1. The Labute approximate surface area is 275 Å². The van der Waals surface area contributed by atoms with Gasteiger partial charge in [0, 0.05) is 32.6 Å². The number of halogens is 1. The van der Waals surface area contributed by atoms with Crippen molar-refractivity contribution < 1.29 is 23.9 Å². The Bertz CT molecular complexity index is 1470. The summed E-state index contributed by atoms with van der Waals surface area (Å²) in [7, 11) is 0. The molecule has 1 atom stereocenters. The SMILES string of the molecule is CCN(CC)c1ncc(N(Cc2ccccc2)C(=O)Cl)c(N[C@@H](Cc2ccc(OC(=O)N3CCCC3)cc2)C(=O)OC(C)(C)C)n1. The fourth-order valence-corrected chi connectivity index (χ4v) is 5.21. The van der Waals surface area contributed by atoms with Crippen molar-refractivity contribution in [1.29, 1.82) is 0 Å². The number of aromatic nitrogens is 2. The average molecular weight is 651 g/mol. The number of likely N-dealkylation sites (tertiary alicyclic amines) is 1. The average Bonchev–Trinajstić information content (AvgIpc) is 3.57. The fourth-order valence-electron chi connectivity index (χ4n) is 5.06. The zero-order chi connectivity index (χ0) is 33.3. The van der Waals surface area contributed by atoms with E-state index >= 15 is 0 Å². The summed E-state index contributed by atoms with van der Waals surface area (Å²) < 4.78 is 11.3. The molecule has 2 aromatic carbocycles. The summed E-state index contributed by atoms with van der Waals surface area (Å²) in [5.74, 6) is 0.609. The van der Waals surface area contributed by atoms with Gasteiger partial charge in [0.05, 0.1) is 12.7 Å². The predicted octanol–water partition coefficient (Wildman–Crippen LogP) is 6.65. The van der Waals surface area contributed by atoms with Gasteiger partial charge in [-0.3, -0.25) is 9.69 Å². The van der Waals surface area contributed by atoms with Crippen LogP contribution in [-0.4, -0.2) is 70.1 Å². The van der Waals surface area contributed by atoms with E-state index in [1.807, 2.05) is 49.1 Å². The summed E-state index contributed by atoms with van der Waals surface area (Å²) in [4.78, 5) is 53.2. The van der Waals surface area contributed by atoms with Crippen molar-refractivity contribution in [2.45, 2.75) is 72.1 Å². The number of amides is 2. The van der Waals surface area contributed by atoms with Gasteiger partial charge in [-0.25, -0.2) is 14.6 Å². The molecule has 0 saturated carbocycles. The molecule has 0 unspecified atom stereocenters. The van der Waals surface area contributed by atoms with E-state index in [0.29, 0.717) is 43.6 Å². The highest BCUT2D eigenvalue weighted by Gasteiger charge is 2.29. The highest BCUT2D eigenvalue weighted by Crippen LogP contribution is 2.30. The normalized spacial score (nSPS) is 13.6. The lowest BCUT2D eigenvalue weighted by molar-refractivity contribution is -0.155. The van der Waals surface area contributed by atoms with Crippen LogP contribution in [0.15, 0.2) is 60.8 Å². The van der Waals surface area contributed by atoms with E-state index in [2.05, 4.69) is 10.3 Å². The van der Waals surface area contributed by atoms with Crippen LogP contribution in [-0.2, 0) is 22.5 Å². The first kappa shape index (κ1) is 34.5. The summed E-state index contributed by atoms with van der Waals surface area (Å²) in [6.45, 7) is 12.2. The summed E-state index contributed by atoms with van der Waals surface area (Å²) in [6.07, 6.45) is 3.34. The Hall–Kier alpha value is -4.38. The fraction of sp³-hybridized carbons (Fsp3) is 0.441. The van der Waals surface area contributed by atoms with Gasteiger partial charge in [-0.15, -0.1) is 0 Å². The van der Waals surface area contributed by atoms with Crippen LogP contribution in [0.1, 0.15) is 58.6 Å². The van der Waals surface area contributed by atoms with Gasteiger partial charge in [0.2, 0.25) is 5.95 Å². The number of carbonyl (C=O) groups is 3. The van der Waals surface area contributed by atoms with E-state index in [0.717, 1.165) is 24.0 Å². The summed E-state index contributed by atoms with van der Waals surface area (Å²) in [6, 6.07) is 15.5. The third-order valence-corrected chi connectivity index (χ3v) is 7.63. The number of ether oxygens (including phenoxy) is 2. The van der Waals surface area contributed by atoms with Crippen molar-refractivity contribution in [2.75, 3.05) is 41.3 Å². The van der Waals surface area contributed by atoms with Crippen LogP contribution in [0.25, 0.3) is 0 Å². The maximum absolute atomic E-state index is 13.6. The molecule has 0 spiro atoms. The van der Waals surface area contributed by atoms with Crippen molar-refractivity contribution in [2.24, 2.45) is 0 Å². The first-order valence-corrected chi connectivity index (χ1v) is 16.0. The zero-order valence-electron chi connectivity index (χ0n) is 27.2. The van der Waals surface area contributed by atoms with Crippen molar-refractivity contribution >= 4 is 46.5 Å². The first-order valence-electron chi connectivity index (χ1n) is 15.7. The smallest absolute Gasteiger partial charge is 0.415 e. The van der Waals surface area contributed by atoms with Crippen molar-refractivity contribution in [3.05, 3.63) is 71.9 Å². The molecule has 0 radical (unpaired) electrons. The predicted molar refractivity (Wildman–Crippen MR) is 180 cm³/mol. The number of nitrogens with one attached hydrogen (secondary N) is 1. The summed E-state index contributed by atoms with van der Waals surface area (Å²) >= 11 is 6.13. The van der Waals surface area contributed by atoms with E-state index in [4.69, 9.17) is 26.1 Å². The topological polar surface area (TPSA) is 117 Å². The van der Waals surface area contributed by atoms with Gasteiger partial charge in [-0.2, -0.15) is 4.98 Å². The van der Waals surface area contributed by atoms with Gasteiger partial charge >= 0.3 is 17.4 Å². The van der Waals surface area contributed by atoms with Gasteiger partial charge in [-0.1, -0.05) is 42.5 Å². The van der Waals surface area contributed by atoms with Crippen molar-refractivity contribution in [3.8, 4) is 5.75 Å². The second-order valence-corrected chi connectivity index (χ2v) is 12.4. The lowest BCUT2D eigenvalue weighted by Gasteiger charge is -2.28. The monoisotopic (exact) mass is 650 g/mol. The van der Waals surface area contributed by atoms with Crippen LogP contribution < -0.4 is 19.9 Å². The number of nitrogens with zero attached hydrogens (tertiary/aromatic N) is 5. The molecule has 46 heavy (non-hydrogen) atoms. The minimum atomic E-state index is -0.903. The van der Waals surface area contributed by atoms with Gasteiger partial charge in [0.1, 0.15) is 23.1 Å². The van der Waals surface area contributed by atoms with Crippen LogP contribution >= 0.6 is 11.6 Å². The third-order valence-electron chi connectivity index (χ3n) is 7.42. The Kier molecular flexibility index (Phi) is 11.8. The second kappa shape index (κ2) is 15.8. The minimum absolute atomic E-state index is 0.167. The van der Waals surface area contributed by atoms with Gasteiger partial charge in [-0.05, 0) is 82.3 Å². The first-order chi connectivity index (χ1) is 22.0. The third kappa shape index (κ3) is 9.56. The summed E-state index contributed by atoms with van der Waals surface area (Å²) in [5, 5.41) is 2.55. The molecular weight excluding hydrogens is 608 g/mol. The lowest BCUT2D eigenvalue weighted by Crippen LogP contribution is -2.39. The number of benzene rings is 2. The van der Waals surface area contributed by atoms with Gasteiger partial charge < -0.3 is 24.6 Å². The molecule has 1 aliphatic heterocycles. The Morgan fingerprint density at radius 2 is 1.63 bits per heavy atom. The maximum atomic E-state index is 13.6. The van der Waals surface area contributed by atoms with Gasteiger partial charge in [0.25, 0.3) is 0 Å². The van der Waals surface area contributed by atoms with Crippen LogP contribution in [0.5, 0.6) is 5.75 Å². The number of carbonyl (C=O) groups excluding carboxylic acids is 3. The molecule has 2 amide bonds. The highest BCUT2D eigenvalue weighted by atomic mass is 35.5.